The SMILES string of the molecule is O=C(c1nc(C(=O)N2CCOCC2)n2ccccc12)N1CCOCC1. The average Bonchev–Trinajstić information content (AvgIpc) is 3.08. The lowest BCUT2D eigenvalue weighted by molar-refractivity contribution is 0.0290. The van der Waals surface area contributed by atoms with Crippen LogP contribution in [0.2, 0.25) is 0 Å². The van der Waals surface area contributed by atoms with Gasteiger partial charge in [-0.05, 0) is 12.1 Å². The molecule has 0 bridgehead atoms. The number of hydrogen-bond acceptors (Lipinski definition) is 5. The predicted octanol–water partition coefficient (Wildman–Crippen LogP) is 0.279. The van der Waals surface area contributed by atoms with E-state index in [1.165, 1.54) is 0 Å². The van der Waals surface area contributed by atoms with E-state index in [0.717, 1.165) is 0 Å². The van der Waals surface area contributed by atoms with Crippen molar-refractivity contribution < 1.29 is 19.1 Å². The molecule has 2 aliphatic heterocycles. The smallest absolute Gasteiger partial charge is 0.290 e. The lowest BCUT2D eigenvalue weighted by atomic mass is 10.3. The van der Waals surface area contributed by atoms with Gasteiger partial charge in [-0.3, -0.25) is 14.0 Å². The van der Waals surface area contributed by atoms with Crippen molar-refractivity contribution in [3.8, 4) is 0 Å². The van der Waals surface area contributed by atoms with E-state index in [2.05, 4.69) is 4.98 Å². The number of imidazole rings is 1. The van der Waals surface area contributed by atoms with Gasteiger partial charge in [-0.15, -0.1) is 0 Å². The molecule has 4 heterocycles. The van der Waals surface area contributed by atoms with Gasteiger partial charge in [0, 0.05) is 32.4 Å². The first-order valence-corrected chi connectivity index (χ1v) is 8.47. The summed E-state index contributed by atoms with van der Waals surface area (Å²) in [6.07, 6.45) is 1.77. The van der Waals surface area contributed by atoms with Crippen molar-refractivity contribution in [1.82, 2.24) is 19.2 Å². The molecule has 0 N–H and O–H groups in total. The summed E-state index contributed by atoms with van der Waals surface area (Å²) in [6.45, 7) is 4.24. The summed E-state index contributed by atoms with van der Waals surface area (Å²) in [5.74, 6) is -0.0623. The fourth-order valence-electron chi connectivity index (χ4n) is 3.17. The minimum atomic E-state index is -0.175. The van der Waals surface area contributed by atoms with E-state index < -0.39 is 0 Å². The quantitative estimate of drug-likeness (QED) is 0.782. The second-order valence-corrected chi connectivity index (χ2v) is 6.05. The number of nitrogens with zero attached hydrogens (tertiary/aromatic N) is 4. The third-order valence-electron chi connectivity index (χ3n) is 4.54. The molecular formula is C17H20N4O4. The molecule has 2 aromatic heterocycles. The molecule has 0 unspecified atom stereocenters. The number of carbonyl (C=O) groups excluding carboxylic acids is 2. The summed E-state index contributed by atoms with van der Waals surface area (Å²) in [5, 5.41) is 0. The van der Waals surface area contributed by atoms with Crippen LogP contribution in [0.4, 0.5) is 0 Å². The molecule has 25 heavy (non-hydrogen) atoms. The van der Waals surface area contributed by atoms with E-state index in [0.29, 0.717) is 63.8 Å². The second kappa shape index (κ2) is 6.81. The Balaban J connectivity index is 1.70. The minimum absolute atomic E-state index is 0.159. The number of pyridine rings is 1. The largest absolute Gasteiger partial charge is 0.378 e. The van der Waals surface area contributed by atoms with Gasteiger partial charge in [0.25, 0.3) is 11.8 Å². The number of amides is 2. The van der Waals surface area contributed by atoms with Crippen LogP contribution in [0.5, 0.6) is 0 Å². The molecule has 8 nitrogen and oxygen atoms in total. The van der Waals surface area contributed by atoms with Gasteiger partial charge in [-0.1, -0.05) is 6.07 Å². The molecule has 2 amide bonds. The van der Waals surface area contributed by atoms with Gasteiger partial charge in [0.2, 0.25) is 5.82 Å². The lowest BCUT2D eigenvalue weighted by Gasteiger charge is -2.26. The Labute approximate surface area is 144 Å². The van der Waals surface area contributed by atoms with E-state index in [-0.39, 0.29) is 17.6 Å². The van der Waals surface area contributed by atoms with Crippen molar-refractivity contribution in [1.29, 1.82) is 0 Å². The first kappa shape index (κ1) is 16.0. The third-order valence-corrected chi connectivity index (χ3v) is 4.54. The number of fused-ring (bicyclic) bond motifs is 1. The highest BCUT2D eigenvalue weighted by Crippen LogP contribution is 2.18. The van der Waals surface area contributed by atoms with Crippen molar-refractivity contribution in [2.45, 2.75) is 0 Å². The van der Waals surface area contributed by atoms with Crippen molar-refractivity contribution in [2.24, 2.45) is 0 Å². The molecule has 2 fully saturated rings. The summed E-state index contributed by atoms with van der Waals surface area (Å²) in [6, 6.07) is 5.49. The van der Waals surface area contributed by atoms with Crippen molar-refractivity contribution >= 4 is 17.3 Å². The maximum atomic E-state index is 12.9. The molecule has 132 valence electrons. The molecule has 0 atom stereocenters. The zero-order valence-corrected chi connectivity index (χ0v) is 13.9. The van der Waals surface area contributed by atoms with E-state index in [1.807, 2.05) is 18.2 Å². The highest BCUT2D eigenvalue weighted by atomic mass is 16.5. The average molecular weight is 344 g/mol. The molecule has 2 saturated heterocycles. The highest BCUT2D eigenvalue weighted by Gasteiger charge is 2.28. The van der Waals surface area contributed by atoms with Gasteiger partial charge < -0.3 is 19.3 Å². The maximum Gasteiger partial charge on any atom is 0.290 e. The van der Waals surface area contributed by atoms with Crippen molar-refractivity contribution in [3.63, 3.8) is 0 Å². The van der Waals surface area contributed by atoms with E-state index in [9.17, 15) is 9.59 Å². The third kappa shape index (κ3) is 2.98. The summed E-state index contributed by atoms with van der Waals surface area (Å²) >= 11 is 0. The summed E-state index contributed by atoms with van der Waals surface area (Å²) < 4.78 is 12.3. The molecular weight excluding hydrogens is 324 g/mol. The van der Waals surface area contributed by atoms with Gasteiger partial charge in [0.1, 0.15) is 0 Å². The Morgan fingerprint density at radius 1 is 0.880 bits per heavy atom. The summed E-state index contributed by atoms with van der Waals surface area (Å²) in [4.78, 5) is 33.6. The van der Waals surface area contributed by atoms with Crippen LogP contribution in [-0.2, 0) is 9.47 Å². The Hall–Kier alpha value is -2.45. The van der Waals surface area contributed by atoms with Crippen LogP contribution in [0.25, 0.3) is 5.52 Å². The zero-order valence-electron chi connectivity index (χ0n) is 13.9. The number of aromatic nitrogens is 2. The molecule has 0 spiro atoms. The van der Waals surface area contributed by atoms with Crippen LogP contribution in [0, 0.1) is 0 Å². The first-order valence-electron chi connectivity index (χ1n) is 8.47. The predicted molar refractivity (Wildman–Crippen MR) is 88.6 cm³/mol. The van der Waals surface area contributed by atoms with Crippen LogP contribution >= 0.6 is 0 Å². The number of hydrogen-bond donors (Lipinski definition) is 0. The maximum absolute atomic E-state index is 12.9. The number of ether oxygens (including phenoxy) is 2. The number of rotatable bonds is 2. The van der Waals surface area contributed by atoms with E-state index >= 15 is 0 Å². The lowest BCUT2D eigenvalue weighted by Crippen LogP contribution is -2.42. The Bertz CT molecular complexity index is 727. The molecule has 8 heteroatoms. The van der Waals surface area contributed by atoms with Gasteiger partial charge in [-0.2, -0.15) is 0 Å². The highest BCUT2D eigenvalue weighted by molar-refractivity contribution is 6.02. The fourth-order valence-corrected chi connectivity index (χ4v) is 3.17. The normalized spacial score (nSPS) is 18.6. The van der Waals surface area contributed by atoms with E-state index in [1.54, 1.807) is 20.4 Å². The van der Waals surface area contributed by atoms with Crippen LogP contribution in [0.3, 0.4) is 0 Å². The van der Waals surface area contributed by atoms with Gasteiger partial charge in [-0.25, -0.2) is 4.98 Å². The monoisotopic (exact) mass is 344 g/mol. The van der Waals surface area contributed by atoms with Crippen LogP contribution in [-0.4, -0.2) is 83.6 Å². The first-order chi connectivity index (χ1) is 12.3. The molecule has 2 aromatic rings. The molecule has 4 rings (SSSR count). The van der Waals surface area contributed by atoms with Crippen molar-refractivity contribution in [3.05, 3.63) is 35.9 Å². The van der Waals surface area contributed by atoms with Crippen LogP contribution in [0.15, 0.2) is 24.4 Å². The van der Waals surface area contributed by atoms with Crippen molar-refractivity contribution in [2.75, 3.05) is 52.6 Å². The number of carbonyl (C=O) groups is 2. The van der Waals surface area contributed by atoms with Gasteiger partial charge in [0.05, 0.1) is 31.9 Å². The molecule has 0 aromatic carbocycles. The van der Waals surface area contributed by atoms with Crippen LogP contribution < -0.4 is 0 Å². The molecule has 0 saturated carbocycles. The standard InChI is InChI=1S/C17H20N4O4/c22-16(19-5-9-24-10-6-19)14-13-3-1-2-4-21(13)15(18-14)17(23)20-7-11-25-12-8-20/h1-4H,5-12H2. The Morgan fingerprint density at radius 3 is 2.12 bits per heavy atom. The summed E-state index contributed by atoms with van der Waals surface area (Å²) in [7, 11) is 0. The Kier molecular flexibility index (Phi) is 4.37. The summed E-state index contributed by atoms with van der Waals surface area (Å²) in [5.41, 5.74) is 0.967. The zero-order chi connectivity index (χ0) is 17.2. The minimum Gasteiger partial charge on any atom is -0.378 e. The Morgan fingerprint density at radius 2 is 1.48 bits per heavy atom. The second-order valence-electron chi connectivity index (χ2n) is 6.05. The number of morpholine rings is 2. The van der Waals surface area contributed by atoms with E-state index in [4.69, 9.17) is 9.47 Å². The topological polar surface area (TPSA) is 76.4 Å². The van der Waals surface area contributed by atoms with Crippen LogP contribution in [0.1, 0.15) is 21.1 Å². The molecule has 0 radical (unpaired) electrons. The van der Waals surface area contributed by atoms with Gasteiger partial charge in [0.15, 0.2) is 5.69 Å². The van der Waals surface area contributed by atoms with Gasteiger partial charge >= 0.3 is 0 Å². The molecule has 0 aliphatic carbocycles. The fraction of sp³-hybridized carbons (Fsp3) is 0.471. The molecule has 2 aliphatic rings.